The molecule has 0 spiro atoms. The first-order valence-electron chi connectivity index (χ1n) is 9.65. The zero-order valence-corrected chi connectivity index (χ0v) is 18.6. The van der Waals surface area contributed by atoms with Crippen LogP contribution in [0.3, 0.4) is 0 Å². The van der Waals surface area contributed by atoms with Gasteiger partial charge in [-0.05, 0) is 79.1 Å². The second kappa shape index (κ2) is 13.9. The highest BCUT2D eigenvalue weighted by Crippen LogP contribution is 2.14. The summed E-state index contributed by atoms with van der Waals surface area (Å²) in [5, 5.41) is 8.11. The van der Waals surface area contributed by atoms with Crippen LogP contribution in [-0.4, -0.2) is 35.9 Å². The van der Waals surface area contributed by atoms with E-state index in [2.05, 4.69) is 21.1 Å². The number of thiocarbonyl (C=S) groups is 2. The van der Waals surface area contributed by atoms with E-state index in [-0.39, 0.29) is 10.2 Å². The Kier molecular flexibility index (Phi) is 10.8. The summed E-state index contributed by atoms with van der Waals surface area (Å²) in [6.07, 6.45) is 6.13. The molecule has 0 aliphatic heterocycles. The predicted molar refractivity (Wildman–Crippen MR) is 133 cm³/mol. The summed E-state index contributed by atoms with van der Waals surface area (Å²) in [6, 6.07) is 15.3. The Balaban J connectivity index is 1.63. The molecule has 10 heteroatoms. The average Bonchev–Trinajstić information content (AvgIpc) is 2.73. The molecule has 0 unspecified atom stereocenters. The lowest BCUT2D eigenvalue weighted by Crippen LogP contribution is -2.23. The lowest BCUT2D eigenvalue weighted by atomic mass is 10.2. The number of hydrazone groups is 2. The van der Waals surface area contributed by atoms with Crippen LogP contribution in [-0.2, 0) is 0 Å². The SMILES string of the molecule is NC(=S)N/N=C/c1cccc(OCCCCCOc2cccc(/C=N/NC(N)=S)c2)c1. The molecule has 0 fully saturated rings. The van der Waals surface area contributed by atoms with Crippen molar-refractivity contribution >= 4 is 47.1 Å². The minimum atomic E-state index is 0.124. The number of nitrogens with two attached hydrogens (primary N) is 2. The van der Waals surface area contributed by atoms with Gasteiger partial charge in [0.1, 0.15) is 11.5 Å². The van der Waals surface area contributed by atoms with Crippen molar-refractivity contribution in [1.29, 1.82) is 0 Å². The molecular weight excluding hydrogens is 432 g/mol. The number of unbranched alkanes of at least 4 members (excludes halogenated alkanes) is 2. The number of nitrogens with one attached hydrogen (secondary N) is 2. The number of nitrogens with zero attached hydrogens (tertiary/aromatic N) is 2. The molecule has 0 bridgehead atoms. The first-order valence-corrected chi connectivity index (χ1v) is 10.5. The Bertz CT molecular complexity index is 847. The summed E-state index contributed by atoms with van der Waals surface area (Å²) in [4.78, 5) is 0. The summed E-state index contributed by atoms with van der Waals surface area (Å²) in [6.45, 7) is 1.27. The summed E-state index contributed by atoms with van der Waals surface area (Å²) >= 11 is 9.40. The van der Waals surface area contributed by atoms with E-state index in [0.717, 1.165) is 41.9 Å². The van der Waals surface area contributed by atoms with Gasteiger partial charge in [-0.2, -0.15) is 10.2 Å². The standard InChI is InChI=1S/C21H26N6O2S2/c22-20(30)26-24-14-16-6-4-8-18(12-16)28-10-2-1-3-11-29-19-9-5-7-17(13-19)15-25-27-21(23)31/h4-9,12-15H,1-3,10-11H2,(H3,22,26,30)(H3,23,27,31)/b24-14+,25-15+. The molecule has 6 N–H and O–H groups in total. The topological polar surface area (TPSA) is 119 Å². The Morgan fingerprint density at radius 1 is 0.774 bits per heavy atom. The van der Waals surface area contributed by atoms with Crippen molar-refractivity contribution in [3.8, 4) is 11.5 Å². The fourth-order valence-corrected chi connectivity index (χ4v) is 2.58. The monoisotopic (exact) mass is 458 g/mol. The number of hydrogen-bond acceptors (Lipinski definition) is 6. The first-order chi connectivity index (χ1) is 15.0. The quantitative estimate of drug-likeness (QED) is 0.166. The molecular formula is C21H26N6O2S2. The van der Waals surface area contributed by atoms with Crippen LogP contribution in [0.5, 0.6) is 11.5 Å². The fourth-order valence-electron chi connectivity index (χ4n) is 2.47. The van der Waals surface area contributed by atoms with Crippen molar-refractivity contribution in [2.45, 2.75) is 19.3 Å². The third kappa shape index (κ3) is 10.9. The second-order valence-corrected chi connectivity index (χ2v) is 7.25. The van der Waals surface area contributed by atoms with Crippen LogP contribution in [0.2, 0.25) is 0 Å². The van der Waals surface area contributed by atoms with E-state index < -0.39 is 0 Å². The third-order valence-corrected chi connectivity index (χ3v) is 4.00. The molecule has 2 rings (SSSR count). The van der Waals surface area contributed by atoms with Gasteiger partial charge in [0.15, 0.2) is 10.2 Å². The van der Waals surface area contributed by atoms with Crippen molar-refractivity contribution in [3.63, 3.8) is 0 Å². The lowest BCUT2D eigenvalue weighted by molar-refractivity contribution is 0.279. The molecule has 164 valence electrons. The van der Waals surface area contributed by atoms with E-state index in [4.69, 9.17) is 45.4 Å². The van der Waals surface area contributed by atoms with Crippen LogP contribution in [0.1, 0.15) is 30.4 Å². The van der Waals surface area contributed by atoms with E-state index in [1.54, 1.807) is 12.4 Å². The van der Waals surface area contributed by atoms with Gasteiger partial charge in [0.2, 0.25) is 0 Å². The number of rotatable bonds is 12. The first kappa shape index (κ1) is 24.0. The molecule has 0 aliphatic carbocycles. The van der Waals surface area contributed by atoms with Crippen molar-refractivity contribution in [2.75, 3.05) is 13.2 Å². The van der Waals surface area contributed by atoms with Crippen molar-refractivity contribution in [3.05, 3.63) is 59.7 Å². The van der Waals surface area contributed by atoms with E-state index in [9.17, 15) is 0 Å². The van der Waals surface area contributed by atoms with Gasteiger partial charge in [0.25, 0.3) is 0 Å². The number of hydrogen-bond donors (Lipinski definition) is 4. The molecule has 0 saturated heterocycles. The van der Waals surface area contributed by atoms with Crippen LogP contribution in [0.25, 0.3) is 0 Å². The highest BCUT2D eigenvalue weighted by atomic mass is 32.1. The highest BCUT2D eigenvalue weighted by Gasteiger charge is 1.98. The number of benzene rings is 2. The molecule has 2 aromatic rings. The molecule has 0 atom stereocenters. The van der Waals surface area contributed by atoms with Crippen molar-refractivity contribution < 1.29 is 9.47 Å². The van der Waals surface area contributed by atoms with Crippen LogP contribution in [0.4, 0.5) is 0 Å². The predicted octanol–water partition coefficient (Wildman–Crippen LogP) is 2.65. The van der Waals surface area contributed by atoms with E-state index in [1.807, 2.05) is 48.5 Å². The third-order valence-electron chi connectivity index (χ3n) is 3.82. The second-order valence-electron chi connectivity index (χ2n) is 6.37. The van der Waals surface area contributed by atoms with E-state index >= 15 is 0 Å². The largest absolute Gasteiger partial charge is 0.494 e. The summed E-state index contributed by atoms with van der Waals surface area (Å²) in [5.74, 6) is 1.58. The molecule has 0 aromatic heterocycles. The smallest absolute Gasteiger partial charge is 0.184 e. The van der Waals surface area contributed by atoms with Gasteiger partial charge in [-0.15, -0.1) is 0 Å². The molecule has 31 heavy (non-hydrogen) atoms. The summed E-state index contributed by atoms with van der Waals surface area (Å²) in [5.41, 5.74) is 17.5. The summed E-state index contributed by atoms with van der Waals surface area (Å²) in [7, 11) is 0. The van der Waals surface area contributed by atoms with Gasteiger partial charge in [-0.3, -0.25) is 10.9 Å². The molecule has 0 saturated carbocycles. The van der Waals surface area contributed by atoms with Crippen LogP contribution >= 0.6 is 24.4 Å². The maximum atomic E-state index is 5.80. The minimum Gasteiger partial charge on any atom is -0.494 e. The van der Waals surface area contributed by atoms with Gasteiger partial charge in [0.05, 0.1) is 25.6 Å². The Morgan fingerprint density at radius 3 is 1.65 bits per heavy atom. The fraction of sp³-hybridized carbons (Fsp3) is 0.238. The van der Waals surface area contributed by atoms with E-state index in [1.165, 1.54) is 0 Å². The summed E-state index contributed by atoms with van der Waals surface area (Å²) < 4.78 is 11.6. The molecule has 2 aromatic carbocycles. The van der Waals surface area contributed by atoms with Gasteiger partial charge in [0, 0.05) is 0 Å². The molecule has 0 amide bonds. The zero-order valence-electron chi connectivity index (χ0n) is 17.0. The molecule has 0 radical (unpaired) electrons. The van der Waals surface area contributed by atoms with Crippen LogP contribution in [0.15, 0.2) is 58.7 Å². The molecule has 8 nitrogen and oxygen atoms in total. The van der Waals surface area contributed by atoms with Crippen LogP contribution < -0.4 is 31.8 Å². The molecule has 0 heterocycles. The average molecular weight is 459 g/mol. The van der Waals surface area contributed by atoms with E-state index in [0.29, 0.717) is 13.2 Å². The maximum Gasteiger partial charge on any atom is 0.184 e. The van der Waals surface area contributed by atoms with Gasteiger partial charge in [-0.1, -0.05) is 24.3 Å². The zero-order chi connectivity index (χ0) is 22.3. The Hall–Kier alpha value is -3.24. The Morgan fingerprint density at radius 2 is 1.23 bits per heavy atom. The van der Waals surface area contributed by atoms with Crippen molar-refractivity contribution in [2.24, 2.45) is 21.7 Å². The normalized spacial score (nSPS) is 10.8. The Labute approximate surface area is 192 Å². The van der Waals surface area contributed by atoms with Crippen LogP contribution in [0, 0.1) is 0 Å². The maximum absolute atomic E-state index is 5.80. The minimum absolute atomic E-state index is 0.124. The highest BCUT2D eigenvalue weighted by molar-refractivity contribution is 7.80. The molecule has 0 aliphatic rings. The van der Waals surface area contributed by atoms with Gasteiger partial charge in [-0.25, -0.2) is 0 Å². The van der Waals surface area contributed by atoms with Crippen molar-refractivity contribution in [1.82, 2.24) is 10.9 Å². The van der Waals surface area contributed by atoms with Gasteiger partial charge < -0.3 is 20.9 Å². The van der Waals surface area contributed by atoms with Gasteiger partial charge >= 0.3 is 0 Å². The lowest BCUT2D eigenvalue weighted by Gasteiger charge is -2.08. The number of ether oxygens (including phenoxy) is 2.